The summed E-state index contributed by atoms with van der Waals surface area (Å²) < 4.78 is 47.2. The Morgan fingerprint density at radius 1 is 1.02 bits per heavy atom. The Morgan fingerprint density at radius 3 is 2.17 bits per heavy atom. The molecule has 2 aliphatic rings. The van der Waals surface area contributed by atoms with Crippen molar-refractivity contribution >= 4 is 12.0 Å². The lowest BCUT2D eigenvalue weighted by Gasteiger charge is -2.45. The Morgan fingerprint density at radius 2 is 1.62 bits per heavy atom. The predicted molar refractivity (Wildman–Crippen MR) is 144 cm³/mol. The summed E-state index contributed by atoms with van der Waals surface area (Å²) in [4.78, 5) is 28.2. The van der Waals surface area contributed by atoms with Gasteiger partial charge < -0.3 is 14.5 Å². The van der Waals surface area contributed by atoms with Crippen LogP contribution in [-0.2, 0) is 22.4 Å². The van der Waals surface area contributed by atoms with Crippen molar-refractivity contribution in [3.05, 3.63) is 71.3 Å². The van der Waals surface area contributed by atoms with E-state index in [4.69, 9.17) is 10.00 Å². The van der Waals surface area contributed by atoms with Crippen LogP contribution in [0.5, 0.6) is 0 Å². The molecule has 0 bridgehead atoms. The Bertz CT molecular complexity index is 1220. The number of hydrogen-bond donors (Lipinski definition) is 0. The Kier molecular flexibility index (Phi) is 8.48. The van der Waals surface area contributed by atoms with Crippen LogP contribution in [0.15, 0.2) is 54.6 Å². The van der Waals surface area contributed by atoms with Crippen molar-refractivity contribution in [1.82, 2.24) is 9.80 Å². The summed E-state index contributed by atoms with van der Waals surface area (Å²) in [6, 6.07) is 18.4. The van der Waals surface area contributed by atoms with Crippen molar-refractivity contribution < 1.29 is 27.5 Å². The van der Waals surface area contributed by atoms with E-state index < -0.39 is 35.2 Å². The maximum Gasteiger partial charge on any atom is 0.471 e. The molecule has 1 saturated heterocycles. The van der Waals surface area contributed by atoms with Crippen molar-refractivity contribution in [2.75, 3.05) is 19.6 Å². The van der Waals surface area contributed by atoms with Crippen molar-refractivity contribution in [3.8, 4) is 6.07 Å². The van der Waals surface area contributed by atoms with Crippen LogP contribution >= 0.6 is 0 Å². The van der Waals surface area contributed by atoms with Gasteiger partial charge in [-0.15, -0.1) is 0 Å². The van der Waals surface area contributed by atoms with Crippen molar-refractivity contribution in [1.29, 1.82) is 5.26 Å². The van der Waals surface area contributed by atoms with E-state index in [9.17, 15) is 22.8 Å². The summed E-state index contributed by atoms with van der Waals surface area (Å²) in [5.74, 6) is -1.95. The second kappa shape index (κ2) is 11.5. The van der Waals surface area contributed by atoms with E-state index in [0.29, 0.717) is 38.8 Å². The topological polar surface area (TPSA) is 73.6 Å². The number of nitriles is 1. The second-order valence-electron chi connectivity index (χ2n) is 12.0. The van der Waals surface area contributed by atoms with Crippen LogP contribution in [0.25, 0.3) is 0 Å². The molecular formula is C31H36F3N3O3. The average Bonchev–Trinajstić information content (AvgIpc) is 3.69. The lowest BCUT2D eigenvalue weighted by atomic mass is 9.73. The number of ether oxygens (including phenoxy) is 1. The maximum atomic E-state index is 13.9. The summed E-state index contributed by atoms with van der Waals surface area (Å²) in [5, 5.41) is 8.99. The summed E-state index contributed by atoms with van der Waals surface area (Å²) in [5.41, 5.74) is 1.37. The van der Waals surface area contributed by atoms with Crippen LogP contribution in [0.3, 0.4) is 0 Å². The van der Waals surface area contributed by atoms with Gasteiger partial charge in [0.15, 0.2) is 0 Å². The molecule has 1 heterocycles. The van der Waals surface area contributed by atoms with E-state index in [1.807, 2.05) is 54.6 Å². The fourth-order valence-electron chi connectivity index (χ4n) is 5.63. The molecule has 2 atom stereocenters. The van der Waals surface area contributed by atoms with Gasteiger partial charge >= 0.3 is 18.2 Å². The van der Waals surface area contributed by atoms with Crippen LogP contribution in [0.2, 0.25) is 0 Å². The molecule has 214 valence electrons. The number of piperidine rings is 1. The molecule has 2 amide bonds. The average molecular weight is 556 g/mol. The monoisotopic (exact) mass is 555 g/mol. The van der Waals surface area contributed by atoms with Gasteiger partial charge in [0.1, 0.15) is 5.60 Å². The molecule has 0 spiro atoms. The normalized spacial score (nSPS) is 20.4. The van der Waals surface area contributed by atoms with E-state index in [0.717, 1.165) is 21.6 Å². The Labute approximate surface area is 233 Å². The first kappa shape index (κ1) is 29.4. The number of nitrogens with zero attached hydrogens (tertiary/aromatic N) is 3. The van der Waals surface area contributed by atoms with Gasteiger partial charge in [0, 0.05) is 31.6 Å². The van der Waals surface area contributed by atoms with E-state index >= 15 is 0 Å². The van der Waals surface area contributed by atoms with Gasteiger partial charge in [0.2, 0.25) is 0 Å². The molecule has 40 heavy (non-hydrogen) atoms. The zero-order chi connectivity index (χ0) is 29.1. The molecule has 2 fully saturated rings. The van der Waals surface area contributed by atoms with Gasteiger partial charge in [-0.3, -0.25) is 4.79 Å². The molecule has 0 unspecified atom stereocenters. The first-order valence-corrected chi connectivity index (χ1v) is 13.7. The lowest BCUT2D eigenvalue weighted by molar-refractivity contribution is -0.188. The van der Waals surface area contributed by atoms with Gasteiger partial charge in [-0.2, -0.15) is 18.4 Å². The number of amides is 2. The highest BCUT2D eigenvalue weighted by molar-refractivity contribution is 5.82. The van der Waals surface area contributed by atoms with Crippen LogP contribution in [0.1, 0.15) is 62.6 Å². The SMILES string of the molecule is CC(C)(C)OC(=O)N1CCC(Cc2ccc(CC#N)cc2)(CN(C(=O)C(F)(F)F)[C@@H]2C[C@@H]2c2ccccc2)CC1. The number of carbonyl (C=O) groups is 2. The molecule has 0 aromatic heterocycles. The van der Waals surface area contributed by atoms with Crippen molar-refractivity contribution in [3.63, 3.8) is 0 Å². The number of carbonyl (C=O) groups excluding carboxylic acids is 2. The standard InChI is InChI=1S/C31H36F3N3O3/c1-29(2,3)40-28(39)36-17-14-30(15-18-36,20-23-11-9-22(10-12-23)13-16-35)21-37(27(38)31(32,33)34)26-19-25(26)24-7-5-4-6-8-24/h4-12,25-26H,13-15,17-21H2,1-3H3/t25-,26-/m1/s1. The molecule has 2 aromatic rings. The highest BCUT2D eigenvalue weighted by atomic mass is 19.4. The Hall–Kier alpha value is -3.54. The quantitative estimate of drug-likeness (QED) is 0.404. The molecule has 0 N–H and O–H groups in total. The number of halogens is 3. The third kappa shape index (κ3) is 7.35. The molecule has 1 aliphatic heterocycles. The highest BCUT2D eigenvalue weighted by Crippen LogP contribution is 2.48. The smallest absolute Gasteiger partial charge is 0.444 e. The number of likely N-dealkylation sites (tertiary alicyclic amines) is 1. The number of hydrogen-bond acceptors (Lipinski definition) is 4. The molecule has 9 heteroatoms. The summed E-state index contributed by atoms with van der Waals surface area (Å²) >= 11 is 0. The summed E-state index contributed by atoms with van der Waals surface area (Å²) in [7, 11) is 0. The third-order valence-electron chi connectivity index (χ3n) is 7.76. The van der Waals surface area contributed by atoms with Gasteiger partial charge in [-0.1, -0.05) is 54.6 Å². The van der Waals surface area contributed by atoms with Gasteiger partial charge in [-0.25, -0.2) is 4.79 Å². The predicted octanol–water partition coefficient (Wildman–Crippen LogP) is 6.26. The minimum absolute atomic E-state index is 0.0541. The number of rotatable bonds is 7. The second-order valence-corrected chi connectivity index (χ2v) is 12.0. The summed E-state index contributed by atoms with van der Waals surface area (Å²) in [6.45, 7) is 5.95. The summed E-state index contributed by atoms with van der Waals surface area (Å²) in [6.07, 6.45) is -3.38. The number of benzene rings is 2. The minimum atomic E-state index is -4.98. The molecule has 0 radical (unpaired) electrons. The molecule has 6 nitrogen and oxygen atoms in total. The van der Waals surface area contributed by atoms with Crippen molar-refractivity contribution in [2.24, 2.45) is 5.41 Å². The van der Waals surface area contributed by atoms with Crippen molar-refractivity contribution in [2.45, 2.75) is 76.6 Å². The highest BCUT2D eigenvalue weighted by Gasteiger charge is 2.54. The van der Waals surface area contributed by atoms with Gasteiger partial charge in [-0.05, 0) is 68.6 Å². The van der Waals surface area contributed by atoms with Gasteiger partial charge in [0.05, 0.1) is 12.5 Å². The van der Waals surface area contributed by atoms with Crippen LogP contribution in [0.4, 0.5) is 18.0 Å². The van der Waals surface area contributed by atoms with E-state index in [-0.39, 0.29) is 18.9 Å². The first-order valence-electron chi connectivity index (χ1n) is 13.7. The van der Waals surface area contributed by atoms with E-state index in [1.165, 1.54) is 0 Å². The zero-order valence-corrected chi connectivity index (χ0v) is 23.2. The van der Waals surface area contributed by atoms with Crippen LogP contribution in [0, 0.1) is 16.7 Å². The molecule has 4 rings (SSSR count). The third-order valence-corrected chi connectivity index (χ3v) is 7.76. The largest absolute Gasteiger partial charge is 0.471 e. The van der Waals surface area contributed by atoms with E-state index in [1.54, 1.807) is 25.7 Å². The molecule has 1 saturated carbocycles. The fraction of sp³-hybridized carbons (Fsp3) is 0.516. The number of alkyl halides is 3. The molecule has 1 aliphatic carbocycles. The van der Waals surface area contributed by atoms with Crippen LogP contribution in [-0.4, -0.2) is 59.3 Å². The molecular weight excluding hydrogens is 519 g/mol. The first-order chi connectivity index (χ1) is 18.8. The van der Waals surface area contributed by atoms with E-state index in [2.05, 4.69) is 6.07 Å². The Balaban J connectivity index is 1.60. The zero-order valence-electron chi connectivity index (χ0n) is 23.2. The van der Waals surface area contributed by atoms with Crippen LogP contribution < -0.4 is 0 Å². The minimum Gasteiger partial charge on any atom is -0.444 e. The maximum absolute atomic E-state index is 13.9. The van der Waals surface area contributed by atoms with Gasteiger partial charge in [0.25, 0.3) is 0 Å². The lowest BCUT2D eigenvalue weighted by Crippen LogP contribution is -2.53. The fourth-order valence-corrected chi connectivity index (χ4v) is 5.63. The molecule has 2 aromatic carbocycles.